The van der Waals surface area contributed by atoms with E-state index in [1.165, 1.54) is 10.4 Å². The third-order valence-electron chi connectivity index (χ3n) is 4.29. The number of aryl methyl sites for hydroxylation is 1. The van der Waals surface area contributed by atoms with E-state index in [-0.39, 0.29) is 6.03 Å². The number of para-hydroxylation sites is 1. The molecule has 0 unspecified atom stereocenters. The number of amides is 2. The van der Waals surface area contributed by atoms with E-state index in [2.05, 4.69) is 33.9 Å². The first-order valence-electron chi connectivity index (χ1n) is 8.06. The number of rotatable bonds is 5. The number of carbonyl (C=O) groups is 1. The van der Waals surface area contributed by atoms with Crippen LogP contribution in [0, 0.1) is 12.8 Å². The highest BCUT2D eigenvalue weighted by Gasteiger charge is 2.23. The second-order valence-electron chi connectivity index (χ2n) is 6.12. The van der Waals surface area contributed by atoms with Crippen molar-refractivity contribution in [1.29, 1.82) is 0 Å². The number of hydrogen-bond donors (Lipinski definition) is 2. The molecule has 2 amide bonds. The lowest BCUT2D eigenvalue weighted by Gasteiger charge is -2.16. The van der Waals surface area contributed by atoms with Crippen LogP contribution in [0.3, 0.4) is 0 Å². The number of nitrogens with zero attached hydrogens (tertiary/aromatic N) is 1. The molecule has 0 aliphatic carbocycles. The topological polar surface area (TPSA) is 44.4 Å². The minimum absolute atomic E-state index is 0.122. The summed E-state index contributed by atoms with van der Waals surface area (Å²) in [5.41, 5.74) is 2.21. The summed E-state index contributed by atoms with van der Waals surface area (Å²) in [7, 11) is 0. The number of hydrogen-bond acceptors (Lipinski definition) is 3. The van der Waals surface area contributed by atoms with E-state index in [4.69, 9.17) is 0 Å². The molecule has 5 heteroatoms. The van der Waals surface area contributed by atoms with Crippen molar-refractivity contribution < 1.29 is 4.79 Å². The molecular formula is C18H23N3OS. The summed E-state index contributed by atoms with van der Waals surface area (Å²) in [5.74, 6) is 0.539. The quantitative estimate of drug-likeness (QED) is 0.878. The first kappa shape index (κ1) is 16.0. The zero-order valence-corrected chi connectivity index (χ0v) is 14.2. The lowest BCUT2D eigenvalue weighted by Crippen LogP contribution is -2.34. The lowest BCUT2D eigenvalue weighted by atomic mass is 10.1. The fraction of sp³-hybridized carbons (Fsp3) is 0.389. The number of benzene rings is 1. The van der Waals surface area contributed by atoms with Crippen LogP contribution in [-0.2, 0) is 6.54 Å². The molecule has 0 saturated carbocycles. The molecule has 1 saturated heterocycles. The van der Waals surface area contributed by atoms with Crippen LogP contribution in [0.4, 0.5) is 10.5 Å². The van der Waals surface area contributed by atoms with E-state index in [1.54, 1.807) is 0 Å². The van der Waals surface area contributed by atoms with Gasteiger partial charge in [0.1, 0.15) is 0 Å². The minimum atomic E-state index is -0.122. The molecule has 1 aromatic heterocycles. The predicted octanol–water partition coefficient (Wildman–Crippen LogP) is 3.70. The first-order valence-corrected chi connectivity index (χ1v) is 8.94. The van der Waals surface area contributed by atoms with Crippen molar-refractivity contribution >= 4 is 23.1 Å². The van der Waals surface area contributed by atoms with E-state index in [9.17, 15) is 4.79 Å². The fourth-order valence-corrected chi connectivity index (χ4v) is 3.87. The van der Waals surface area contributed by atoms with Gasteiger partial charge in [0.15, 0.2) is 0 Å². The molecule has 0 bridgehead atoms. The lowest BCUT2D eigenvalue weighted by molar-refractivity contribution is 0.249. The first-order chi connectivity index (χ1) is 11.2. The van der Waals surface area contributed by atoms with Crippen LogP contribution in [0.1, 0.15) is 16.9 Å². The molecule has 2 aromatic rings. The van der Waals surface area contributed by atoms with Crippen LogP contribution in [0.15, 0.2) is 41.8 Å². The summed E-state index contributed by atoms with van der Waals surface area (Å²) in [6.45, 7) is 6.12. The number of thiophene rings is 1. The van der Waals surface area contributed by atoms with Gasteiger partial charge in [-0.3, -0.25) is 4.90 Å². The summed E-state index contributed by atoms with van der Waals surface area (Å²) < 4.78 is 0. The molecule has 2 heterocycles. The van der Waals surface area contributed by atoms with Gasteiger partial charge in [-0.2, -0.15) is 0 Å². The maximum absolute atomic E-state index is 11.9. The minimum Gasteiger partial charge on any atom is -0.338 e. The molecule has 1 aliphatic heterocycles. The van der Waals surface area contributed by atoms with Crippen LogP contribution < -0.4 is 10.6 Å². The maximum Gasteiger partial charge on any atom is 0.319 e. The smallest absolute Gasteiger partial charge is 0.319 e. The third kappa shape index (κ3) is 4.56. The van der Waals surface area contributed by atoms with Gasteiger partial charge in [-0.05, 0) is 54.9 Å². The zero-order chi connectivity index (χ0) is 16.1. The molecule has 3 rings (SSSR count). The molecule has 0 spiro atoms. The Kier molecular flexibility index (Phi) is 5.31. The zero-order valence-electron chi connectivity index (χ0n) is 13.4. The Labute approximate surface area is 141 Å². The summed E-state index contributed by atoms with van der Waals surface area (Å²) in [6, 6.07) is 11.6. The van der Waals surface area contributed by atoms with E-state index in [0.29, 0.717) is 5.92 Å². The van der Waals surface area contributed by atoms with Gasteiger partial charge in [-0.1, -0.05) is 18.2 Å². The Bertz CT molecular complexity index is 641. The van der Waals surface area contributed by atoms with Crippen molar-refractivity contribution in [3.05, 3.63) is 52.2 Å². The van der Waals surface area contributed by atoms with Crippen LogP contribution in [0.25, 0.3) is 0 Å². The Balaban J connectivity index is 1.40. The highest BCUT2D eigenvalue weighted by atomic mass is 32.1. The second kappa shape index (κ2) is 7.62. The van der Waals surface area contributed by atoms with E-state index < -0.39 is 0 Å². The van der Waals surface area contributed by atoms with Gasteiger partial charge in [-0.25, -0.2) is 4.79 Å². The van der Waals surface area contributed by atoms with Crippen LogP contribution >= 0.6 is 11.3 Å². The molecule has 0 radical (unpaired) electrons. The summed E-state index contributed by atoms with van der Waals surface area (Å²) in [5, 5.41) is 8.01. The Hall–Kier alpha value is -1.85. The van der Waals surface area contributed by atoms with E-state index in [0.717, 1.165) is 38.3 Å². The molecule has 1 aromatic carbocycles. The van der Waals surface area contributed by atoms with Crippen molar-refractivity contribution in [3.63, 3.8) is 0 Å². The number of urea groups is 1. The Morgan fingerprint density at radius 1 is 1.30 bits per heavy atom. The van der Waals surface area contributed by atoms with Gasteiger partial charge >= 0.3 is 6.03 Å². The van der Waals surface area contributed by atoms with E-state index >= 15 is 0 Å². The normalized spacial score (nSPS) is 18.0. The summed E-state index contributed by atoms with van der Waals surface area (Å²) in [6.07, 6.45) is 1.15. The van der Waals surface area contributed by atoms with Gasteiger partial charge in [-0.15, -0.1) is 11.3 Å². The second-order valence-corrected chi connectivity index (χ2v) is 7.12. The molecule has 23 heavy (non-hydrogen) atoms. The number of carbonyl (C=O) groups excluding carboxylic acids is 1. The van der Waals surface area contributed by atoms with Gasteiger partial charge in [0.2, 0.25) is 0 Å². The Morgan fingerprint density at radius 2 is 2.13 bits per heavy atom. The van der Waals surface area contributed by atoms with E-state index in [1.807, 2.05) is 41.7 Å². The molecular weight excluding hydrogens is 306 g/mol. The largest absolute Gasteiger partial charge is 0.338 e. The van der Waals surface area contributed by atoms with Gasteiger partial charge in [0.05, 0.1) is 0 Å². The SMILES string of the molecule is Cc1ccsc1CN1CC[C@@H](CNC(=O)Nc2ccccc2)C1. The van der Waals surface area contributed by atoms with Crippen LogP contribution in [0.5, 0.6) is 0 Å². The maximum atomic E-state index is 11.9. The fourth-order valence-electron chi connectivity index (χ4n) is 2.93. The number of nitrogens with one attached hydrogen (secondary N) is 2. The molecule has 1 fully saturated rings. The van der Waals surface area contributed by atoms with Gasteiger partial charge in [0.25, 0.3) is 0 Å². The third-order valence-corrected chi connectivity index (χ3v) is 5.30. The standard InChI is InChI=1S/C18H23N3OS/c1-14-8-10-23-17(14)13-21-9-7-15(12-21)11-19-18(22)20-16-5-3-2-4-6-16/h2-6,8,10,15H,7,9,11-13H2,1H3,(H2,19,20,22)/t15-/m0/s1. The highest BCUT2D eigenvalue weighted by Crippen LogP contribution is 2.22. The molecule has 1 atom stereocenters. The van der Waals surface area contributed by atoms with Gasteiger partial charge < -0.3 is 10.6 Å². The molecule has 1 aliphatic rings. The van der Waals surface area contributed by atoms with Crippen molar-refractivity contribution in [2.24, 2.45) is 5.92 Å². The predicted molar refractivity (Wildman–Crippen MR) is 95.9 cm³/mol. The number of anilines is 1. The summed E-state index contributed by atoms with van der Waals surface area (Å²) >= 11 is 1.84. The van der Waals surface area contributed by atoms with Crippen LogP contribution in [-0.4, -0.2) is 30.6 Å². The highest BCUT2D eigenvalue weighted by molar-refractivity contribution is 7.10. The van der Waals surface area contributed by atoms with Crippen molar-refractivity contribution in [3.8, 4) is 0 Å². The average Bonchev–Trinajstić information content (AvgIpc) is 3.16. The van der Waals surface area contributed by atoms with Crippen molar-refractivity contribution in [2.45, 2.75) is 19.9 Å². The number of likely N-dealkylation sites (tertiary alicyclic amines) is 1. The molecule has 2 N–H and O–H groups in total. The Morgan fingerprint density at radius 3 is 2.87 bits per heavy atom. The average molecular weight is 329 g/mol. The molecule has 122 valence electrons. The van der Waals surface area contributed by atoms with Gasteiger partial charge in [0, 0.05) is 30.2 Å². The summed E-state index contributed by atoms with van der Waals surface area (Å²) in [4.78, 5) is 15.9. The molecule has 4 nitrogen and oxygen atoms in total. The van der Waals surface area contributed by atoms with Crippen molar-refractivity contribution in [1.82, 2.24) is 10.2 Å². The monoisotopic (exact) mass is 329 g/mol. The van der Waals surface area contributed by atoms with Crippen molar-refractivity contribution in [2.75, 3.05) is 25.0 Å². The van der Waals surface area contributed by atoms with Crippen LogP contribution in [0.2, 0.25) is 0 Å².